The highest BCUT2D eigenvalue weighted by molar-refractivity contribution is 4.88. The van der Waals surface area contributed by atoms with Crippen molar-refractivity contribution in [2.75, 3.05) is 26.2 Å². The third kappa shape index (κ3) is 3.94. The molecule has 0 spiro atoms. The first-order chi connectivity index (χ1) is 8.66. The summed E-state index contributed by atoms with van der Waals surface area (Å²) in [5.41, 5.74) is 0. The number of hydrogen-bond acceptors (Lipinski definition) is 3. The van der Waals surface area contributed by atoms with Gasteiger partial charge in [0.25, 0.3) is 0 Å². The van der Waals surface area contributed by atoms with Gasteiger partial charge in [0.05, 0.1) is 6.10 Å². The largest absolute Gasteiger partial charge is 0.391 e. The van der Waals surface area contributed by atoms with Crippen LogP contribution in [0.4, 0.5) is 0 Å². The average molecular weight is 254 g/mol. The van der Waals surface area contributed by atoms with E-state index in [0.717, 1.165) is 31.3 Å². The van der Waals surface area contributed by atoms with E-state index in [4.69, 9.17) is 0 Å². The summed E-state index contributed by atoms with van der Waals surface area (Å²) in [6, 6.07) is 0.456. The predicted molar refractivity (Wildman–Crippen MR) is 75.7 cm³/mol. The molecular weight excluding hydrogens is 224 g/mol. The highest BCUT2D eigenvalue weighted by atomic mass is 16.3. The molecule has 0 aromatic heterocycles. The van der Waals surface area contributed by atoms with E-state index in [-0.39, 0.29) is 6.10 Å². The second-order valence-electron chi connectivity index (χ2n) is 6.62. The lowest BCUT2D eigenvalue weighted by Crippen LogP contribution is -2.48. The summed E-state index contributed by atoms with van der Waals surface area (Å²) in [5.74, 6) is 1.52. The van der Waals surface area contributed by atoms with E-state index in [9.17, 15) is 5.11 Å². The molecule has 2 rings (SSSR count). The number of aliphatic hydroxyl groups is 1. The molecule has 0 aromatic rings. The fourth-order valence-corrected chi connectivity index (χ4v) is 3.49. The molecule has 3 nitrogen and oxygen atoms in total. The highest BCUT2D eigenvalue weighted by Crippen LogP contribution is 2.28. The summed E-state index contributed by atoms with van der Waals surface area (Å²) in [6.07, 6.45) is 6.01. The van der Waals surface area contributed by atoms with E-state index in [2.05, 4.69) is 24.1 Å². The Hall–Kier alpha value is -0.120. The molecule has 1 aliphatic carbocycles. The number of aliphatic hydroxyl groups excluding tert-OH is 1. The number of nitrogens with zero attached hydrogens (tertiary/aromatic N) is 1. The average Bonchev–Trinajstić information content (AvgIpc) is 2.75. The van der Waals surface area contributed by atoms with Crippen LogP contribution in [0.3, 0.4) is 0 Å². The van der Waals surface area contributed by atoms with Crippen molar-refractivity contribution >= 4 is 0 Å². The van der Waals surface area contributed by atoms with Crippen LogP contribution in [0.1, 0.15) is 46.0 Å². The zero-order chi connectivity index (χ0) is 13.0. The topological polar surface area (TPSA) is 35.5 Å². The first-order valence-electron chi connectivity index (χ1n) is 7.79. The Bertz CT molecular complexity index is 245. The molecule has 0 aromatic carbocycles. The molecule has 3 atom stereocenters. The van der Waals surface area contributed by atoms with Gasteiger partial charge in [0.1, 0.15) is 0 Å². The molecule has 18 heavy (non-hydrogen) atoms. The van der Waals surface area contributed by atoms with Crippen molar-refractivity contribution in [3.05, 3.63) is 0 Å². The molecule has 1 saturated heterocycles. The highest BCUT2D eigenvalue weighted by Gasteiger charge is 2.33. The fourth-order valence-electron chi connectivity index (χ4n) is 3.49. The summed E-state index contributed by atoms with van der Waals surface area (Å²) in [6.45, 7) is 9.18. The van der Waals surface area contributed by atoms with Crippen molar-refractivity contribution in [1.29, 1.82) is 0 Å². The van der Waals surface area contributed by atoms with E-state index in [1.807, 2.05) is 0 Å². The molecule has 0 bridgehead atoms. The lowest BCUT2D eigenvalue weighted by Gasteiger charge is -2.38. The van der Waals surface area contributed by atoms with Gasteiger partial charge in [0, 0.05) is 12.6 Å². The van der Waals surface area contributed by atoms with E-state index in [1.165, 1.54) is 38.8 Å². The van der Waals surface area contributed by atoms with Gasteiger partial charge < -0.3 is 10.4 Å². The van der Waals surface area contributed by atoms with Gasteiger partial charge in [-0.1, -0.05) is 13.8 Å². The Morgan fingerprint density at radius 1 is 1.22 bits per heavy atom. The SMILES string of the molecule is CC(C)CNCC1CCCN(C2CCCC2O)C1. The van der Waals surface area contributed by atoms with Gasteiger partial charge in [0.15, 0.2) is 0 Å². The van der Waals surface area contributed by atoms with Crippen LogP contribution in [-0.4, -0.2) is 48.3 Å². The van der Waals surface area contributed by atoms with E-state index in [0.29, 0.717) is 6.04 Å². The fraction of sp³-hybridized carbons (Fsp3) is 1.00. The van der Waals surface area contributed by atoms with Crippen LogP contribution in [0.25, 0.3) is 0 Å². The minimum absolute atomic E-state index is 0.0626. The van der Waals surface area contributed by atoms with E-state index >= 15 is 0 Å². The number of piperidine rings is 1. The van der Waals surface area contributed by atoms with Crippen LogP contribution >= 0.6 is 0 Å². The Morgan fingerprint density at radius 3 is 2.72 bits per heavy atom. The third-order valence-corrected chi connectivity index (χ3v) is 4.45. The van der Waals surface area contributed by atoms with Crippen molar-refractivity contribution in [2.45, 2.75) is 58.1 Å². The summed E-state index contributed by atoms with van der Waals surface area (Å²) >= 11 is 0. The Kier molecular flexibility index (Phi) is 5.46. The van der Waals surface area contributed by atoms with Crippen LogP contribution in [-0.2, 0) is 0 Å². The van der Waals surface area contributed by atoms with Gasteiger partial charge in [-0.15, -0.1) is 0 Å². The summed E-state index contributed by atoms with van der Waals surface area (Å²) < 4.78 is 0. The molecule has 1 saturated carbocycles. The van der Waals surface area contributed by atoms with Crippen molar-refractivity contribution in [3.63, 3.8) is 0 Å². The van der Waals surface area contributed by atoms with Crippen LogP contribution in [0.5, 0.6) is 0 Å². The first-order valence-corrected chi connectivity index (χ1v) is 7.79. The van der Waals surface area contributed by atoms with Crippen molar-refractivity contribution < 1.29 is 5.11 Å². The van der Waals surface area contributed by atoms with Gasteiger partial charge in [-0.05, 0) is 63.6 Å². The van der Waals surface area contributed by atoms with Crippen LogP contribution in [0.2, 0.25) is 0 Å². The first kappa shape index (κ1) is 14.3. The molecular formula is C15H30N2O. The number of hydrogen-bond donors (Lipinski definition) is 2. The molecule has 0 radical (unpaired) electrons. The molecule has 2 N–H and O–H groups in total. The Balaban J connectivity index is 1.74. The summed E-state index contributed by atoms with van der Waals surface area (Å²) in [5, 5.41) is 13.6. The maximum absolute atomic E-state index is 10.0. The zero-order valence-corrected chi connectivity index (χ0v) is 12.1. The van der Waals surface area contributed by atoms with Gasteiger partial charge >= 0.3 is 0 Å². The number of nitrogens with one attached hydrogen (secondary N) is 1. The molecule has 2 fully saturated rings. The maximum Gasteiger partial charge on any atom is 0.0695 e. The molecule has 2 aliphatic rings. The second-order valence-corrected chi connectivity index (χ2v) is 6.62. The van der Waals surface area contributed by atoms with Gasteiger partial charge in [-0.25, -0.2) is 0 Å². The monoisotopic (exact) mass is 254 g/mol. The van der Waals surface area contributed by atoms with Crippen molar-refractivity contribution in [2.24, 2.45) is 11.8 Å². The minimum atomic E-state index is -0.0626. The van der Waals surface area contributed by atoms with Crippen LogP contribution < -0.4 is 5.32 Å². The van der Waals surface area contributed by atoms with Gasteiger partial charge in [-0.3, -0.25) is 4.90 Å². The predicted octanol–water partition coefficient (Wildman–Crippen LogP) is 1.86. The number of rotatable bonds is 5. The normalized spacial score (nSPS) is 34.3. The van der Waals surface area contributed by atoms with Crippen molar-refractivity contribution in [3.8, 4) is 0 Å². The molecule has 0 amide bonds. The number of likely N-dealkylation sites (tertiary alicyclic amines) is 1. The van der Waals surface area contributed by atoms with E-state index < -0.39 is 0 Å². The standard InChI is InChI=1S/C15H30N2O/c1-12(2)9-16-10-13-5-4-8-17(11-13)14-6-3-7-15(14)18/h12-16,18H,3-11H2,1-2H3. The summed E-state index contributed by atoms with van der Waals surface area (Å²) in [7, 11) is 0. The van der Waals surface area contributed by atoms with E-state index in [1.54, 1.807) is 0 Å². The lowest BCUT2D eigenvalue weighted by molar-refractivity contribution is 0.0432. The van der Waals surface area contributed by atoms with Gasteiger partial charge in [0.2, 0.25) is 0 Å². The summed E-state index contributed by atoms with van der Waals surface area (Å²) in [4.78, 5) is 2.56. The molecule has 1 heterocycles. The third-order valence-electron chi connectivity index (χ3n) is 4.45. The molecule has 1 aliphatic heterocycles. The van der Waals surface area contributed by atoms with Gasteiger partial charge in [-0.2, -0.15) is 0 Å². The van der Waals surface area contributed by atoms with Crippen molar-refractivity contribution in [1.82, 2.24) is 10.2 Å². The quantitative estimate of drug-likeness (QED) is 0.786. The Labute approximate surface area is 112 Å². The molecule has 106 valence electrons. The van der Waals surface area contributed by atoms with Crippen LogP contribution in [0, 0.1) is 11.8 Å². The smallest absolute Gasteiger partial charge is 0.0695 e. The zero-order valence-electron chi connectivity index (χ0n) is 12.1. The Morgan fingerprint density at radius 2 is 2.06 bits per heavy atom. The maximum atomic E-state index is 10.0. The van der Waals surface area contributed by atoms with Crippen LogP contribution in [0.15, 0.2) is 0 Å². The molecule has 3 heteroatoms. The molecule has 3 unspecified atom stereocenters. The minimum Gasteiger partial charge on any atom is -0.391 e. The second kappa shape index (κ2) is 6.88. The lowest BCUT2D eigenvalue weighted by atomic mass is 9.95.